The highest BCUT2D eigenvalue weighted by Crippen LogP contribution is 2.42. The quantitative estimate of drug-likeness (QED) is 0.800. The van der Waals surface area contributed by atoms with Gasteiger partial charge in [-0.2, -0.15) is 0 Å². The molecule has 2 fully saturated rings. The Morgan fingerprint density at radius 2 is 2.12 bits per heavy atom. The van der Waals surface area contributed by atoms with Crippen molar-refractivity contribution in [1.29, 1.82) is 0 Å². The third-order valence-corrected chi connectivity index (χ3v) is 5.26. The third kappa shape index (κ3) is 2.25. The van der Waals surface area contributed by atoms with Crippen molar-refractivity contribution in [1.82, 2.24) is 4.90 Å². The Bertz CT molecular complexity index is 259. The zero-order valence-electron chi connectivity index (χ0n) is 11.6. The highest BCUT2D eigenvalue weighted by atomic mass is 16.5. The van der Waals surface area contributed by atoms with Gasteiger partial charge in [-0.15, -0.1) is 0 Å². The largest absolute Gasteiger partial charge is 0.379 e. The van der Waals surface area contributed by atoms with Gasteiger partial charge in [0.15, 0.2) is 0 Å². The molecule has 2 aliphatic rings. The zero-order valence-corrected chi connectivity index (χ0v) is 11.6. The van der Waals surface area contributed by atoms with Gasteiger partial charge in [0.05, 0.1) is 13.2 Å². The minimum Gasteiger partial charge on any atom is -0.379 e. The Morgan fingerprint density at radius 1 is 1.35 bits per heavy atom. The van der Waals surface area contributed by atoms with Crippen LogP contribution in [-0.4, -0.2) is 42.8 Å². The molecule has 1 aliphatic heterocycles. The van der Waals surface area contributed by atoms with Crippen molar-refractivity contribution < 1.29 is 4.74 Å². The molecule has 3 heteroatoms. The molecular formula is C14H28N2O. The van der Waals surface area contributed by atoms with E-state index in [2.05, 4.69) is 25.7 Å². The second-order valence-electron chi connectivity index (χ2n) is 6.08. The van der Waals surface area contributed by atoms with Crippen LogP contribution in [0.4, 0.5) is 0 Å². The molecule has 1 aliphatic carbocycles. The lowest BCUT2D eigenvalue weighted by Gasteiger charge is -2.55. The van der Waals surface area contributed by atoms with Gasteiger partial charge in [-0.3, -0.25) is 4.90 Å². The van der Waals surface area contributed by atoms with Gasteiger partial charge < -0.3 is 10.5 Å². The lowest BCUT2D eigenvalue weighted by atomic mass is 9.67. The molecule has 1 heterocycles. The fourth-order valence-electron chi connectivity index (χ4n) is 3.94. The molecule has 0 spiro atoms. The maximum atomic E-state index is 6.20. The standard InChI is InChI=1S/C14H28N2O/c1-11-5-4-6-14(10-15,13(11)3)16-7-8-17-9-12(16)2/h11-13H,4-10,15H2,1-3H3. The summed E-state index contributed by atoms with van der Waals surface area (Å²) in [5.41, 5.74) is 6.42. The smallest absolute Gasteiger partial charge is 0.0620 e. The zero-order chi connectivity index (χ0) is 12.5. The van der Waals surface area contributed by atoms with E-state index in [9.17, 15) is 0 Å². The first-order valence-electron chi connectivity index (χ1n) is 7.16. The van der Waals surface area contributed by atoms with E-state index in [1.54, 1.807) is 0 Å². The lowest BCUT2D eigenvalue weighted by Crippen LogP contribution is -2.65. The molecular weight excluding hydrogens is 212 g/mol. The highest BCUT2D eigenvalue weighted by Gasteiger charge is 2.46. The highest BCUT2D eigenvalue weighted by molar-refractivity contribution is 5.02. The lowest BCUT2D eigenvalue weighted by molar-refractivity contribution is -0.0968. The van der Waals surface area contributed by atoms with E-state index in [1.807, 2.05) is 0 Å². The predicted molar refractivity (Wildman–Crippen MR) is 71.0 cm³/mol. The first kappa shape index (κ1) is 13.3. The first-order valence-corrected chi connectivity index (χ1v) is 7.16. The summed E-state index contributed by atoms with van der Waals surface area (Å²) in [6.07, 6.45) is 3.95. The number of morpholine rings is 1. The first-order chi connectivity index (χ1) is 8.12. The van der Waals surface area contributed by atoms with E-state index in [1.165, 1.54) is 19.3 Å². The normalized spacial score (nSPS) is 44.8. The van der Waals surface area contributed by atoms with Crippen LogP contribution in [-0.2, 0) is 4.74 Å². The van der Waals surface area contributed by atoms with Crippen LogP contribution in [0.1, 0.15) is 40.0 Å². The Labute approximate surface area is 106 Å². The topological polar surface area (TPSA) is 38.5 Å². The fraction of sp³-hybridized carbons (Fsp3) is 1.00. The van der Waals surface area contributed by atoms with Crippen LogP contribution in [0.15, 0.2) is 0 Å². The Kier molecular flexibility index (Phi) is 4.11. The summed E-state index contributed by atoms with van der Waals surface area (Å²) in [5.74, 6) is 1.49. The molecule has 2 N–H and O–H groups in total. The fourth-order valence-corrected chi connectivity index (χ4v) is 3.94. The predicted octanol–water partition coefficient (Wildman–Crippen LogP) is 1.86. The summed E-state index contributed by atoms with van der Waals surface area (Å²) in [6.45, 7) is 10.6. The Balaban J connectivity index is 2.22. The monoisotopic (exact) mass is 240 g/mol. The summed E-state index contributed by atoms with van der Waals surface area (Å²) in [5, 5.41) is 0. The van der Waals surface area contributed by atoms with Crippen molar-refractivity contribution in [2.75, 3.05) is 26.3 Å². The van der Waals surface area contributed by atoms with Gasteiger partial charge in [-0.1, -0.05) is 26.7 Å². The van der Waals surface area contributed by atoms with Crippen LogP contribution < -0.4 is 5.73 Å². The Morgan fingerprint density at radius 3 is 2.76 bits per heavy atom. The van der Waals surface area contributed by atoms with E-state index >= 15 is 0 Å². The summed E-state index contributed by atoms with van der Waals surface area (Å²) in [4.78, 5) is 2.65. The maximum Gasteiger partial charge on any atom is 0.0620 e. The summed E-state index contributed by atoms with van der Waals surface area (Å²) >= 11 is 0. The minimum atomic E-state index is 0.223. The molecule has 4 atom stereocenters. The Hall–Kier alpha value is -0.120. The van der Waals surface area contributed by atoms with Crippen LogP contribution in [0, 0.1) is 11.8 Å². The number of ether oxygens (including phenoxy) is 1. The van der Waals surface area contributed by atoms with Crippen LogP contribution in [0.3, 0.4) is 0 Å². The number of nitrogens with zero attached hydrogens (tertiary/aromatic N) is 1. The molecule has 0 aromatic rings. The summed E-state index contributed by atoms with van der Waals surface area (Å²) < 4.78 is 5.57. The van der Waals surface area contributed by atoms with Gasteiger partial charge in [0.1, 0.15) is 0 Å². The van der Waals surface area contributed by atoms with Gasteiger partial charge in [-0.25, -0.2) is 0 Å². The number of hydrogen-bond donors (Lipinski definition) is 1. The molecule has 0 amide bonds. The molecule has 1 saturated heterocycles. The van der Waals surface area contributed by atoms with E-state index in [0.29, 0.717) is 12.0 Å². The van der Waals surface area contributed by atoms with Crippen molar-refractivity contribution >= 4 is 0 Å². The molecule has 0 aromatic heterocycles. The van der Waals surface area contributed by atoms with Gasteiger partial charge in [0, 0.05) is 24.7 Å². The molecule has 17 heavy (non-hydrogen) atoms. The molecule has 4 unspecified atom stereocenters. The van der Waals surface area contributed by atoms with Crippen molar-refractivity contribution in [2.24, 2.45) is 17.6 Å². The van der Waals surface area contributed by atoms with Crippen molar-refractivity contribution in [3.05, 3.63) is 0 Å². The molecule has 0 aromatic carbocycles. The maximum absolute atomic E-state index is 6.20. The van der Waals surface area contributed by atoms with E-state index in [4.69, 9.17) is 10.5 Å². The van der Waals surface area contributed by atoms with Crippen LogP contribution >= 0.6 is 0 Å². The van der Waals surface area contributed by atoms with Gasteiger partial charge in [0.25, 0.3) is 0 Å². The van der Waals surface area contributed by atoms with E-state index in [-0.39, 0.29) is 5.54 Å². The molecule has 100 valence electrons. The van der Waals surface area contributed by atoms with Gasteiger partial charge in [0.2, 0.25) is 0 Å². The minimum absolute atomic E-state index is 0.223. The van der Waals surface area contributed by atoms with E-state index < -0.39 is 0 Å². The molecule has 0 radical (unpaired) electrons. The summed E-state index contributed by atoms with van der Waals surface area (Å²) in [7, 11) is 0. The van der Waals surface area contributed by atoms with Crippen LogP contribution in [0.2, 0.25) is 0 Å². The van der Waals surface area contributed by atoms with Crippen LogP contribution in [0.5, 0.6) is 0 Å². The van der Waals surface area contributed by atoms with Crippen LogP contribution in [0.25, 0.3) is 0 Å². The van der Waals surface area contributed by atoms with Gasteiger partial charge in [-0.05, 0) is 25.2 Å². The average Bonchev–Trinajstić information content (AvgIpc) is 2.34. The molecule has 3 nitrogen and oxygen atoms in total. The third-order valence-electron chi connectivity index (χ3n) is 5.26. The van der Waals surface area contributed by atoms with Crippen molar-refractivity contribution in [3.63, 3.8) is 0 Å². The molecule has 0 bridgehead atoms. The second-order valence-corrected chi connectivity index (χ2v) is 6.08. The molecule has 1 saturated carbocycles. The van der Waals surface area contributed by atoms with Gasteiger partial charge >= 0.3 is 0 Å². The van der Waals surface area contributed by atoms with Crippen molar-refractivity contribution in [3.8, 4) is 0 Å². The molecule has 2 rings (SSSR count). The number of rotatable bonds is 2. The number of hydrogen-bond acceptors (Lipinski definition) is 3. The second kappa shape index (κ2) is 5.25. The SMILES string of the molecule is CC1CCCC(CN)(N2CCOCC2C)C1C. The number of nitrogens with two attached hydrogens (primary N) is 1. The summed E-state index contributed by atoms with van der Waals surface area (Å²) in [6, 6.07) is 0.514. The average molecular weight is 240 g/mol. The van der Waals surface area contributed by atoms with E-state index in [0.717, 1.165) is 32.2 Å². The van der Waals surface area contributed by atoms with Crippen molar-refractivity contribution in [2.45, 2.75) is 51.6 Å².